The van der Waals surface area contributed by atoms with Gasteiger partial charge in [-0.2, -0.15) is 0 Å². The first-order chi connectivity index (χ1) is 14.4. The zero-order valence-electron chi connectivity index (χ0n) is 16.8. The van der Waals surface area contributed by atoms with Gasteiger partial charge in [-0.15, -0.1) is 0 Å². The van der Waals surface area contributed by atoms with Gasteiger partial charge in [-0.3, -0.25) is 9.59 Å². The number of ether oxygens (including phenoxy) is 1. The molecule has 3 aromatic rings. The first-order valence-electron chi connectivity index (χ1n) is 9.56. The van der Waals surface area contributed by atoms with Crippen molar-refractivity contribution in [3.63, 3.8) is 0 Å². The minimum absolute atomic E-state index is 0.258. The Hall–Kier alpha value is -3.06. The average molecular weight is 471 g/mol. The van der Waals surface area contributed by atoms with Crippen LogP contribution in [-0.4, -0.2) is 18.4 Å². The third-order valence-electron chi connectivity index (χ3n) is 4.14. The van der Waals surface area contributed by atoms with Gasteiger partial charge in [0.05, 0.1) is 25.0 Å². The van der Waals surface area contributed by atoms with Crippen LogP contribution in [0.2, 0.25) is 0 Å². The molecular formula is C23H23BrN2O4. The van der Waals surface area contributed by atoms with E-state index in [1.165, 1.54) is 0 Å². The standard InChI is InChI=1S/C23H23BrN2O4/c1-15(2)14-30-21-9-8-17(24)12-20(21)23(28)26-18-6-3-5-16(11-18)22(27)25-13-19-7-4-10-29-19/h3-12,15H,13-14H2,1-2H3,(H,25,27)(H,26,28). The molecule has 0 bridgehead atoms. The zero-order chi connectivity index (χ0) is 21.5. The summed E-state index contributed by atoms with van der Waals surface area (Å²) in [5.74, 6) is 0.933. The van der Waals surface area contributed by atoms with E-state index in [4.69, 9.17) is 9.15 Å². The van der Waals surface area contributed by atoms with Crippen LogP contribution in [0.3, 0.4) is 0 Å². The molecule has 0 fully saturated rings. The maximum absolute atomic E-state index is 12.9. The molecule has 0 unspecified atom stereocenters. The first kappa shape index (κ1) is 21.6. The molecule has 0 aliphatic rings. The maximum atomic E-state index is 12.9. The molecule has 1 aromatic heterocycles. The van der Waals surface area contributed by atoms with E-state index in [-0.39, 0.29) is 18.4 Å². The molecule has 0 saturated heterocycles. The smallest absolute Gasteiger partial charge is 0.259 e. The van der Waals surface area contributed by atoms with Crippen LogP contribution in [0.25, 0.3) is 0 Å². The van der Waals surface area contributed by atoms with Gasteiger partial charge in [0.1, 0.15) is 11.5 Å². The Morgan fingerprint density at radius 1 is 1.07 bits per heavy atom. The second-order valence-corrected chi connectivity index (χ2v) is 8.06. The van der Waals surface area contributed by atoms with Crippen LogP contribution in [0.1, 0.15) is 40.3 Å². The lowest BCUT2D eigenvalue weighted by Crippen LogP contribution is -2.22. The number of amides is 2. The van der Waals surface area contributed by atoms with Gasteiger partial charge in [-0.1, -0.05) is 35.8 Å². The largest absolute Gasteiger partial charge is 0.492 e. The Bertz CT molecular complexity index is 1020. The molecule has 2 aromatic carbocycles. The first-order valence-corrected chi connectivity index (χ1v) is 10.4. The molecule has 0 aliphatic carbocycles. The molecule has 30 heavy (non-hydrogen) atoms. The molecule has 156 valence electrons. The lowest BCUT2D eigenvalue weighted by atomic mass is 10.1. The second kappa shape index (κ2) is 10.1. The maximum Gasteiger partial charge on any atom is 0.259 e. The highest BCUT2D eigenvalue weighted by Gasteiger charge is 2.15. The van der Waals surface area contributed by atoms with Crippen LogP contribution < -0.4 is 15.4 Å². The number of hydrogen-bond donors (Lipinski definition) is 2. The number of anilines is 1. The third kappa shape index (κ3) is 5.97. The van der Waals surface area contributed by atoms with Gasteiger partial charge in [0.25, 0.3) is 11.8 Å². The van der Waals surface area contributed by atoms with E-state index >= 15 is 0 Å². The Morgan fingerprint density at radius 3 is 2.63 bits per heavy atom. The summed E-state index contributed by atoms with van der Waals surface area (Å²) in [6.07, 6.45) is 1.55. The highest BCUT2D eigenvalue weighted by Crippen LogP contribution is 2.25. The molecule has 3 rings (SSSR count). The minimum Gasteiger partial charge on any atom is -0.492 e. The number of benzene rings is 2. The normalized spacial score (nSPS) is 10.7. The van der Waals surface area contributed by atoms with Gasteiger partial charge < -0.3 is 19.8 Å². The van der Waals surface area contributed by atoms with Crippen LogP contribution in [0.15, 0.2) is 69.8 Å². The topological polar surface area (TPSA) is 80.6 Å². The van der Waals surface area contributed by atoms with E-state index < -0.39 is 0 Å². The molecule has 1 heterocycles. The van der Waals surface area contributed by atoms with Crippen molar-refractivity contribution >= 4 is 33.4 Å². The molecule has 2 amide bonds. The molecular weight excluding hydrogens is 448 g/mol. The number of hydrogen-bond acceptors (Lipinski definition) is 4. The SMILES string of the molecule is CC(C)COc1ccc(Br)cc1C(=O)Nc1cccc(C(=O)NCc2ccco2)c1. The quantitative estimate of drug-likeness (QED) is 0.470. The van der Waals surface area contributed by atoms with Crippen LogP contribution in [0.5, 0.6) is 5.75 Å². The van der Waals surface area contributed by atoms with Crippen molar-refractivity contribution in [2.24, 2.45) is 5.92 Å². The van der Waals surface area contributed by atoms with E-state index in [0.717, 1.165) is 4.47 Å². The monoisotopic (exact) mass is 470 g/mol. The van der Waals surface area contributed by atoms with Crippen LogP contribution in [0, 0.1) is 5.92 Å². The van der Waals surface area contributed by atoms with Crippen molar-refractivity contribution in [1.82, 2.24) is 5.32 Å². The molecule has 0 atom stereocenters. The number of carbonyl (C=O) groups is 2. The van der Waals surface area contributed by atoms with Crippen molar-refractivity contribution in [2.45, 2.75) is 20.4 Å². The average Bonchev–Trinajstić information content (AvgIpc) is 3.24. The van der Waals surface area contributed by atoms with Crippen molar-refractivity contribution in [3.05, 3.63) is 82.2 Å². The van der Waals surface area contributed by atoms with E-state index in [9.17, 15) is 9.59 Å². The summed E-state index contributed by atoms with van der Waals surface area (Å²) < 4.78 is 11.8. The summed E-state index contributed by atoms with van der Waals surface area (Å²) in [4.78, 5) is 25.3. The lowest BCUT2D eigenvalue weighted by Gasteiger charge is -2.14. The highest BCUT2D eigenvalue weighted by atomic mass is 79.9. The van der Waals surface area contributed by atoms with E-state index in [0.29, 0.717) is 40.8 Å². The zero-order valence-corrected chi connectivity index (χ0v) is 18.4. The van der Waals surface area contributed by atoms with Gasteiger partial charge in [0.2, 0.25) is 0 Å². The number of furan rings is 1. The van der Waals surface area contributed by atoms with Gasteiger partial charge in [0, 0.05) is 15.7 Å². The molecule has 2 N–H and O–H groups in total. The molecule has 7 heteroatoms. The Balaban J connectivity index is 1.70. The second-order valence-electron chi connectivity index (χ2n) is 7.14. The molecule has 0 spiro atoms. The minimum atomic E-state index is -0.316. The summed E-state index contributed by atoms with van der Waals surface area (Å²) >= 11 is 3.40. The summed E-state index contributed by atoms with van der Waals surface area (Å²) in [6.45, 7) is 4.88. The highest BCUT2D eigenvalue weighted by molar-refractivity contribution is 9.10. The summed E-state index contributed by atoms with van der Waals surface area (Å²) in [6, 6.07) is 15.6. The van der Waals surface area contributed by atoms with Crippen molar-refractivity contribution in [1.29, 1.82) is 0 Å². The predicted molar refractivity (Wildman–Crippen MR) is 119 cm³/mol. The van der Waals surface area contributed by atoms with E-state index in [1.54, 1.807) is 54.8 Å². The van der Waals surface area contributed by atoms with Crippen LogP contribution >= 0.6 is 15.9 Å². The van der Waals surface area contributed by atoms with Crippen LogP contribution in [0.4, 0.5) is 5.69 Å². The summed E-state index contributed by atoms with van der Waals surface area (Å²) in [5, 5.41) is 5.63. The molecule has 0 radical (unpaired) electrons. The lowest BCUT2D eigenvalue weighted by molar-refractivity contribution is 0.0946. The van der Waals surface area contributed by atoms with Gasteiger partial charge in [-0.05, 0) is 54.4 Å². The number of rotatable bonds is 8. The van der Waals surface area contributed by atoms with Crippen LogP contribution in [-0.2, 0) is 6.54 Å². The number of carbonyl (C=O) groups excluding carboxylic acids is 2. The molecule has 0 aliphatic heterocycles. The van der Waals surface area contributed by atoms with Crippen molar-refractivity contribution in [2.75, 3.05) is 11.9 Å². The Morgan fingerprint density at radius 2 is 1.90 bits per heavy atom. The fraction of sp³-hybridized carbons (Fsp3) is 0.217. The molecule has 6 nitrogen and oxygen atoms in total. The predicted octanol–water partition coefficient (Wildman–Crippen LogP) is 5.26. The summed E-state index contributed by atoms with van der Waals surface area (Å²) in [5.41, 5.74) is 1.36. The Kier molecular flexibility index (Phi) is 7.30. The number of nitrogens with one attached hydrogen (secondary N) is 2. The fourth-order valence-corrected chi connectivity index (χ4v) is 3.04. The number of halogens is 1. The van der Waals surface area contributed by atoms with Crippen molar-refractivity contribution in [3.8, 4) is 5.75 Å². The van der Waals surface area contributed by atoms with E-state index in [1.807, 2.05) is 19.9 Å². The Labute approximate surface area is 183 Å². The summed E-state index contributed by atoms with van der Waals surface area (Å²) in [7, 11) is 0. The third-order valence-corrected chi connectivity index (χ3v) is 4.64. The van der Waals surface area contributed by atoms with Gasteiger partial charge >= 0.3 is 0 Å². The van der Waals surface area contributed by atoms with Gasteiger partial charge in [-0.25, -0.2) is 0 Å². The molecule has 0 saturated carbocycles. The fourth-order valence-electron chi connectivity index (χ4n) is 2.68. The van der Waals surface area contributed by atoms with Gasteiger partial charge in [0.15, 0.2) is 0 Å². The van der Waals surface area contributed by atoms with Crippen molar-refractivity contribution < 1.29 is 18.7 Å². The van der Waals surface area contributed by atoms with E-state index in [2.05, 4.69) is 26.6 Å².